The van der Waals surface area contributed by atoms with Gasteiger partial charge in [0.15, 0.2) is 0 Å². The van der Waals surface area contributed by atoms with Gasteiger partial charge in [-0.2, -0.15) is 10.5 Å². The third-order valence-electron chi connectivity index (χ3n) is 4.58. The predicted octanol–water partition coefficient (Wildman–Crippen LogP) is 5.03. The topological polar surface area (TPSA) is 93.8 Å². The highest BCUT2D eigenvalue weighted by Crippen LogP contribution is 2.37. The van der Waals surface area contributed by atoms with Crippen LogP contribution in [0.1, 0.15) is 36.0 Å². The molecule has 0 aliphatic rings. The van der Waals surface area contributed by atoms with Crippen LogP contribution in [-0.4, -0.2) is 5.11 Å². The molecule has 140 valence electrons. The molecule has 0 saturated carbocycles. The zero-order valence-electron chi connectivity index (χ0n) is 15.9. The summed E-state index contributed by atoms with van der Waals surface area (Å²) in [7, 11) is 0. The summed E-state index contributed by atoms with van der Waals surface area (Å²) in [6, 6.07) is 21.2. The van der Waals surface area contributed by atoms with Gasteiger partial charge in [0.2, 0.25) is 0 Å². The molecule has 0 spiro atoms. The van der Waals surface area contributed by atoms with Crippen molar-refractivity contribution in [2.24, 2.45) is 5.73 Å². The summed E-state index contributed by atoms with van der Waals surface area (Å²) in [5.41, 5.74) is 10.7. The van der Waals surface area contributed by atoms with Gasteiger partial charge in [-0.15, -0.1) is 0 Å². The molecule has 0 aliphatic carbocycles. The van der Waals surface area contributed by atoms with Crippen molar-refractivity contribution >= 4 is 0 Å². The number of rotatable bonds is 7. The number of nitrogens with zero attached hydrogens (tertiary/aromatic N) is 2. The summed E-state index contributed by atoms with van der Waals surface area (Å²) in [4.78, 5) is 0. The second-order valence-electron chi connectivity index (χ2n) is 6.55. The zero-order valence-corrected chi connectivity index (χ0v) is 15.9. The molecule has 3 N–H and O–H groups in total. The summed E-state index contributed by atoms with van der Waals surface area (Å²) >= 11 is 0. The molecule has 0 amide bonds. The molecular formula is C24H23N3O. The van der Waals surface area contributed by atoms with Crippen LogP contribution in [0, 0.1) is 22.7 Å². The Morgan fingerprint density at radius 2 is 1.89 bits per heavy atom. The van der Waals surface area contributed by atoms with Crippen molar-refractivity contribution in [3.63, 3.8) is 0 Å². The monoisotopic (exact) mass is 369 g/mol. The van der Waals surface area contributed by atoms with Crippen molar-refractivity contribution in [1.29, 1.82) is 10.5 Å². The first-order valence-electron chi connectivity index (χ1n) is 8.94. The molecule has 4 heteroatoms. The normalized spacial score (nSPS) is 13.0. The molecule has 1 atom stereocenters. The molecule has 0 saturated heterocycles. The highest BCUT2D eigenvalue weighted by molar-refractivity contribution is 5.53. The van der Waals surface area contributed by atoms with Crippen molar-refractivity contribution in [2.75, 3.05) is 0 Å². The van der Waals surface area contributed by atoms with Crippen LogP contribution in [0.2, 0.25) is 0 Å². The number of allylic oxidation sites excluding steroid dienone is 4. The van der Waals surface area contributed by atoms with Gasteiger partial charge in [-0.25, -0.2) is 0 Å². The van der Waals surface area contributed by atoms with Gasteiger partial charge in [0.1, 0.15) is 0 Å². The third kappa shape index (κ3) is 4.90. The molecule has 1 unspecified atom stereocenters. The lowest BCUT2D eigenvalue weighted by molar-refractivity contribution is 0.466. The highest BCUT2D eigenvalue weighted by Gasteiger charge is 2.25. The number of hydrogen-bond donors (Lipinski definition) is 2. The Balaban J connectivity index is 2.45. The molecular weight excluding hydrogens is 346 g/mol. The number of nitriles is 2. The lowest BCUT2D eigenvalue weighted by Gasteiger charge is -2.24. The number of aryl methyl sites for hydroxylation is 1. The molecule has 0 radical (unpaired) electrons. The van der Waals surface area contributed by atoms with Crippen LogP contribution in [0.4, 0.5) is 0 Å². The van der Waals surface area contributed by atoms with E-state index < -0.39 is 5.92 Å². The lowest BCUT2D eigenvalue weighted by atomic mass is 9.79. The summed E-state index contributed by atoms with van der Waals surface area (Å²) in [5.74, 6) is -0.587. The first-order chi connectivity index (χ1) is 13.5. The van der Waals surface area contributed by atoms with Gasteiger partial charge < -0.3 is 10.8 Å². The first-order valence-corrected chi connectivity index (χ1v) is 8.94. The van der Waals surface area contributed by atoms with Gasteiger partial charge >= 0.3 is 0 Å². The fourth-order valence-electron chi connectivity index (χ4n) is 3.24. The maximum Gasteiger partial charge on any atom is 0.0991 e. The molecule has 0 aromatic heterocycles. The van der Waals surface area contributed by atoms with E-state index >= 15 is 0 Å². The van der Waals surface area contributed by atoms with E-state index in [0.29, 0.717) is 28.8 Å². The number of aliphatic hydroxyl groups excluding tert-OH is 1. The second-order valence-corrected chi connectivity index (χ2v) is 6.55. The molecule has 0 bridgehead atoms. The fourth-order valence-corrected chi connectivity index (χ4v) is 3.24. The molecule has 0 fully saturated rings. The molecule has 0 aliphatic heterocycles. The Morgan fingerprint density at radius 1 is 1.18 bits per heavy atom. The first kappa shape index (κ1) is 20.6. The van der Waals surface area contributed by atoms with E-state index in [-0.39, 0.29) is 5.57 Å². The molecule has 4 nitrogen and oxygen atoms in total. The van der Waals surface area contributed by atoms with E-state index in [4.69, 9.17) is 5.73 Å². The van der Waals surface area contributed by atoms with Gasteiger partial charge in [-0.3, -0.25) is 0 Å². The van der Waals surface area contributed by atoms with Gasteiger partial charge in [0.05, 0.1) is 29.5 Å². The number of nitrogens with two attached hydrogens (primary N) is 1. The summed E-state index contributed by atoms with van der Waals surface area (Å²) in [5, 5.41) is 28.5. The Bertz CT molecular complexity index is 985. The SMILES string of the molecule is C=C(CCc1ccccc1)/C(=C(\C)N)C(/C(C#N)=C/O)c1cccc(C#N)c1. The maximum atomic E-state index is 9.66. The van der Waals surface area contributed by atoms with Crippen LogP contribution in [0.15, 0.2) is 89.9 Å². The van der Waals surface area contributed by atoms with Gasteiger partial charge in [0.25, 0.3) is 0 Å². The molecule has 2 aromatic carbocycles. The van der Waals surface area contributed by atoms with E-state index in [9.17, 15) is 15.6 Å². The van der Waals surface area contributed by atoms with Crippen molar-refractivity contribution in [3.05, 3.63) is 107 Å². The van der Waals surface area contributed by atoms with Gasteiger partial charge in [-0.05, 0) is 54.2 Å². The van der Waals surface area contributed by atoms with Crippen molar-refractivity contribution < 1.29 is 5.11 Å². The Labute approximate surface area is 166 Å². The van der Waals surface area contributed by atoms with E-state index in [0.717, 1.165) is 18.3 Å². The lowest BCUT2D eigenvalue weighted by Crippen LogP contribution is -2.13. The van der Waals surface area contributed by atoms with E-state index in [1.165, 1.54) is 5.56 Å². The Kier molecular flexibility index (Phi) is 7.20. The highest BCUT2D eigenvalue weighted by atomic mass is 16.2. The molecule has 28 heavy (non-hydrogen) atoms. The number of benzene rings is 2. The maximum absolute atomic E-state index is 9.66. The summed E-state index contributed by atoms with van der Waals surface area (Å²) in [6.45, 7) is 5.97. The standard InChI is InChI=1S/C24H23N3O/c1-17(11-12-19-7-4-3-5-8-19)23(18(2)27)24(22(15-26)16-28)21-10-6-9-20(13-21)14-25/h3-10,13,16,24,28H,1,11-12,27H2,2H3/b22-16+,23-18-. The fraction of sp³-hybridized carbons (Fsp3) is 0.167. The van der Waals surface area contributed by atoms with Crippen LogP contribution in [0.5, 0.6) is 0 Å². The van der Waals surface area contributed by atoms with Crippen LogP contribution in [0.25, 0.3) is 0 Å². The van der Waals surface area contributed by atoms with Crippen molar-refractivity contribution in [1.82, 2.24) is 0 Å². The minimum absolute atomic E-state index is 0.149. The predicted molar refractivity (Wildman–Crippen MR) is 111 cm³/mol. The van der Waals surface area contributed by atoms with E-state index in [2.05, 4.69) is 12.6 Å². The summed E-state index contributed by atoms with van der Waals surface area (Å²) in [6.07, 6.45) is 2.25. The van der Waals surface area contributed by atoms with Gasteiger partial charge in [0, 0.05) is 11.6 Å². The molecule has 2 aromatic rings. The molecule has 0 heterocycles. The number of hydrogen-bond acceptors (Lipinski definition) is 4. The minimum Gasteiger partial charge on any atom is -0.515 e. The average Bonchev–Trinajstić information content (AvgIpc) is 2.72. The van der Waals surface area contributed by atoms with Gasteiger partial charge in [-0.1, -0.05) is 49.0 Å². The summed E-state index contributed by atoms with van der Waals surface area (Å²) < 4.78 is 0. The Morgan fingerprint density at radius 3 is 2.46 bits per heavy atom. The van der Waals surface area contributed by atoms with E-state index in [1.54, 1.807) is 25.1 Å². The van der Waals surface area contributed by atoms with Crippen molar-refractivity contribution in [2.45, 2.75) is 25.7 Å². The largest absolute Gasteiger partial charge is 0.515 e. The van der Waals surface area contributed by atoms with Crippen molar-refractivity contribution in [3.8, 4) is 12.1 Å². The van der Waals surface area contributed by atoms with Crippen LogP contribution >= 0.6 is 0 Å². The average molecular weight is 369 g/mol. The minimum atomic E-state index is -0.587. The van der Waals surface area contributed by atoms with Crippen LogP contribution in [0.3, 0.4) is 0 Å². The zero-order chi connectivity index (χ0) is 20.5. The molecule has 2 rings (SSSR count). The quantitative estimate of drug-likeness (QED) is 0.406. The third-order valence-corrected chi connectivity index (χ3v) is 4.58. The number of aliphatic hydroxyl groups is 1. The second kappa shape index (κ2) is 9.80. The van der Waals surface area contributed by atoms with E-state index in [1.807, 2.05) is 42.5 Å². The smallest absolute Gasteiger partial charge is 0.0991 e. The van der Waals surface area contributed by atoms with Crippen LogP contribution in [-0.2, 0) is 6.42 Å². The van der Waals surface area contributed by atoms with Crippen LogP contribution < -0.4 is 5.73 Å². The Hall–Kier alpha value is -3.76.